The molecule has 13 heavy (non-hydrogen) atoms. The van der Waals surface area contributed by atoms with Gasteiger partial charge in [0, 0.05) is 15.6 Å². The van der Waals surface area contributed by atoms with Crippen LogP contribution >= 0.6 is 27.3 Å². The molecule has 2 rings (SSSR count). The van der Waals surface area contributed by atoms with Crippen molar-refractivity contribution >= 4 is 43.6 Å². The van der Waals surface area contributed by atoms with Gasteiger partial charge in [0.1, 0.15) is 0 Å². The van der Waals surface area contributed by atoms with Crippen LogP contribution in [0.25, 0.3) is 10.1 Å². The summed E-state index contributed by atoms with van der Waals surface area (Å²) in [5, 5.41) is 1.04. The van der Waals surface area contributed by atoms with E-state index in [-0.39, 0.29) is 0 Å². The Morgan fingerprint density at radius 1 is 1.46 bits per heavy atom. The lowest BCUT2D eigenvalue weighted by atomic mass is 10.1. The van der Waals surface area contributed by atoms with Gasteiger partial charge in [0.25, 0.3) is 0 Å². The van der Waals surface area contributed by atoms with E-state index in [2.05, 4.69) is 22.0 Å². The molecule has 0 spiro atoms. The minimum absolute atomic E-state index is 0.764. The summed E-state index contributed by atoms with van der Waals surface area (Å²) in [6.45, 7) is 2.05. The van der Waals surface area contributed by atoms with Gasteiger partial charge in [0.05, 0.1) is 3.79 Å². The molecule has 1 heterocycles. The predicted octanol–water partition coefficient (Wildman–Crippen LogP) is 3.78. The number of carbonyl (C=O) groups excluding carboxylic acids is 1. The van der Waals surface area contributed by atoms with E-state index in [0.717, 1.165) is 25.7 Å². The summed E-state index contributed by atoms with van der Waals surface area (Å²) in [5.74, 6) is 0. The van der Waals surface area contributed by atoms with Crippen LogP contribution in [0.2, 0.25) is 0 Å². The Balaban J connectivity index is 2.86. The molecule has 1 nitrogen and oxygen atoms in total. The molecule has 1 aromatic heterocycles. The zero-order valence-corrected chi connectivity index (χ0v) is 9.41. The molecule has 0 amide bonds. The number of benzene rings is 1. The van der Waals surface area contributed by atoms with Gasteiger partial charge < -0.3 is 0 Å². The first kappa shape index (κ1) is 8.91. The fraction of sp³-hybridized carbons (Fsp3) is 0.100. The van der Waals surface area contributed by atoms with E-state index in [1.165, 1.54) is 5.56 Å². The van der Waals surface area contributed by atoms with E-state index in [1.807, 2.05) is 19.1 Å². The van der Waals surface area contributed by atoms with Gasteiger partial charge in [-0.2, -0.15) is 0 Å². The number of hydrogen-bond acceptors (Lipinski definition) is 2. The summed E-state index contributed by atoms with van der Waals surface area (Å²) >= 11 is 4.98. The fourth-order valence-electron chi connectivity index (χ4n) is 1.30. The normalized spacial score (nSPS) is 10.6. The third kappa shape index (κ3) is 1.42. The number of rotatable bonds is 1. The molecule has 0 atom stereocenters. The second-order valence-corrected chi connectivity index (χ2v) is 5.28. The van der Waals surface area contributed by atoms with E-state index in [9.17, 15) is 4.79 Å². The van der Waals surface area contributed by atoms with E-state index in [4.69, 9.17) is 0 Å². The largest absolute Gasteiger partial charge is 0.298 e. The highest BCUT2D eigenvalue weighted by Crippen LogP contribution is 2.34. The highest BCUT2D eigenvalue weighted by Gasteiger charge is 2.08. The predicted molar refractivity (Wildman–Crippen MR) is 59.6 cm³/mol. The molecule has 0 aliphatic rings. The Labute approximate surface area is 88.5 Å². The molecule has 0 saturated heterocycles. The molecule has 0 N–H and O–H groups in total. The first-order chi connectivity index (χ1) is 6.22. The summed E-state index contributed by atoms with van der Waals surface area (Å²) in [5.41, 5.74) is 1.98. The molecule has 0 fully saturated rings. The molecule has 1 aromatic carbocycles. The number of carbonyl (C=O) groups is 1. The molecule has 66 valence electrons. The Bertz CT molecular complexity index is 473. The second-order valence-electron chi connectivity index (χ2n) is 2.91. The Hall–Kier alpha value is -0.670. The summed E-state index contributed by atoms with van der Waals surface area (Å²) < 4.78 is 2.08. The minimum Gasteiger partial charge on any atom is -0.298 e. The van der Waals surface area contributed by atoms with Crippen molar-refractivity contribution in [3.05, 3.63) is 33.1 Å². The SMILES string of the molecule is Cc1ccc2c(C=O)c(Br)sc2c1. The van der Waals surface area contributed by atoms with Gasteiger partial charge in [-0.15, -0.1) is 11.3 Å². The van der Waals surface area contributed by atoms with Crippen molar-refractivity contribution in [1.82, 2.24) is 0 Å². The maximum Gasteiger partial charge on any atom is 0.152 e. The molecular weight excluding hydrogens is 248 g/mol. The summed E-state index contributed by atoms with van der Waals surface area (Å²) in [6.07, 6.45) is 0.901. The van der Waals surface area contributed by atoms with Gasteiger partial charge in [-0.1, -0.05) is 12.1 Å². The van der Waals surface area contributed by atoms with Crippen LogP contribution in [0.1, 0.15) is 15.9 Å². The van der Waals surface area contributed by atoms with E-state index in [1.54, 1.807) is 11.3 Å². The van der Waals surface area contributed by atoms with E-state index in [0.29, 0.717) is 0 Å². The number of halogens is 1. The van der Waals surface area contributed by atoms with Crippen LogP contribution < -0.4 is 0 Å². The molecule has 0 radical (unpaired) electrons. The van der Waals surface area contributed by atoms with Crippen molar-refractivity contribution in [2.75, 3.05) is 0 Å². The molecule has 2 aromatic rings. The standard InChI is InChI=1S/C10H7BrOS/c1-6-2-3-7-8(5-12)10(11)13-9(7)4-6/h2-5H,1H3. The van der Waals surface area contributed by atoms with Gasteiger partial charge >= 0.3 is 0 Å². The first-order valence-electron chi connectivity index (χ1n) is 3.86. The van der Waals surface area contributed by atoms with Crippen molar-refractivity contribution < 1.29 is 4.79 Å². The van der Waals surface area contributed by atoms with Crippen LogP contribution in [0.5, 0.6) is 0 Å². The zero-order chi connectivity index (χ0) is 9.42. The maximum atomic E-state index is 10.8. The molecule has 0 unspecified atom stereocenters. The van der Waals surface area contributed by atoms with E-state index < -0.39 is 0 Å². The van der Waals surface area contributed by atoms with Crippen molar-refractivity contribution in [3.63, 3.8) is 0 Å². The molecule has 0 aliphatic heterocycles. The number of fused-ring (bicyclic) bond motifs is 1. The van der Waals surface area contributed by atoms with Gasteiger partial charge in [-0.25, -0.2) is 0 Å². The lowest BCUT2D eigenvalue weighted by molar-refractivity contribution is 0.112. The quantitative estimate of drug-likeness (QED) is 0.708. The first-order valence-corrected chi connectivity index (χ1v) is 5.47. The summed E-state index contributed by atoms with van der Waals surface area (Å²) in [6, 6.07) is 6.11. The number of aryl methyl sites for hydroxylation is 1. The second kappa shape index (κ2) is 3.24. The van der Waals surface area contributed by atoms with Gasteiger partial charge in [0.2, 0.25) is 0 Å². The number of thiophene rings is 1. The Morgan fingerprint density at radius 2 is 2.23 bits per heavy atom. The highest BCUT2D eigenvalue weighted by molar-refractivity contribution is 9.11. The van der Waals surface area contributed by atoms with Gasteiger partial charge in [0.15, 0.2) is 6.29 Å². The third-order valence-electron chi connectivity index (χ3n) is 1.96. The molecule has 3 heteroatoms. The topological polar surface area (TPSA) is 17.1 Å². The van der Waals surface area contributed by atoms with Crippen molar-refractivity contribution in [2.24, 2.45) is 0 Å². The van der Waals surface area contributed by atoms with Crippen molar-refractivity contribution in [2.45, 2.75) is 6.92 Å². The maximum absolute atomic E-state index is 10.8. The van der Waals surface area contributed by atoms with Crippen molar-refractivity contribution in [3.8, 4) is 0 Å². The van der Waals surface area contributed by atoms with Gasteiger partial charge in [-0.3, -0.25) is 4.79 Å². The van der Waals surface area contributed by atoms with Gasteiger partial charge in [-0.05, 0) is 34.5 Å². The smallest absolute Gasteiger partial charge is 0.152 e. The number of hydrogen-bond donors (Lipinski definition) is 0. The molecular formula is C10H7BrOS. The molecule has 0 bridgehead atoms. The van der Waals surface area contributed by atoms with Crippen LogP contribution in [0.15, 0.2) is 22.0 Å². The zero-order valence-electron chi connectivity index (χ0n) is 7.00. The Kier molecular flexibility index (Phi) is 2.22. The van der Waals surface area contributed by atoms with E-state index >= 15 is 0 Å². The average Bonchev–Trinajstić information content (AvgIpc) is 2.39. The lowest BCUT2D eigenvalue weighted by Gasteiger charge is -1.92. The molecule has 0 aliphatic carbocycles. The van der Waals surface area contributed by atoms with Crippen molar-refractivity contribution in [1.29, 1.82) is 0 Å². The Morgan fingerprint density at radius 3 is 2.92 bits per heavy atom. The highest BCUT2D eigenvalue weighted by atomic mass is 79.9. The summed E-state index contributed by atoms with van der Waals surface area (Å²) in [7, 11) is 0. The monoisotopic (exact) mass is 254 g/mol. The van der Waals surface area contributed by atoms with Crippen LogP contribution in [-0.4, -0.2) is 6.29 Å². The average molecular weight is 255 g/mol. The third-order valence-corrected chi connectivity index (χ3v) is 3.83. The van der Waals surface area contributed by atoms with Crippen LogP contribution in [0, 0.1) is 6.92 Å². The van der Waals surface area contributed by atoms with Crippen LogP contribution in [-0.2, 0) is 0 Å². The van der Waals surface area contributed by atoms with Crippen LogP contribution in [0.3, 0.4) is 0 Å². The fourth-order valence-corrected chi connectivity index (χ4v) is 3.13. The molecule has 0 saturated carbocycles. The van der Waals surface area contributed by atoms with Crippen LogP contribution in [0.4, 0.5) is 0 Å². The summed E-state index contributed by atoms with van der Waals surface area (Å²) in [4.78, 5) is 10.8. The lowest BCUT2D eigenvalue weighted by Crippen LogP contribution is -1.76. The minimum atomic E-state index is 0.764. The number of aldehydes is 1.